The molecule has 0 unspecified atom stereocenters. The molecule has 0 saturated carbocycles. The van der Waals surface area contributed by atoms with Gasteiger partial charge in [-0.05, 0) is 29.8 Å². The number of nitrogens with zero attached hydrogens (tertiary/aromatic N) is 2. The number of aromatic nitrogens is 2. The van der Waals surface area contributed by atoms with Crippen molar-refractivity contribution in [2.24, 2.45) is 0 Å². The minimum Gasteiger partial charge on any atom is -0.380 e. The van der Waals surface area contributed by atoms with Crippen LogP contribution in [0.5, 0.6) is 0 Å². The van der Waals surface area contributed by atoms with Gasteiger partial charge in [0.05, 0.1) is 23.5 Å². The number of imidazole rings is 1. The van der Waals surface area contributed by atoms with Gasteiger partial charge in [-0.1, -0.05) is 12.1 Å². The fourth-order valence-electron chi connectivity index (χ4n) is 2.43. The average molecular weight is 305 g/mol. The molecule has 0 aliphatic heterocycles. The number of alkyl halides is 1. The largest absolute Gasteiger partial charge is 0.380 e. The summed E-state index contributed by atoms with van der Waals surface area (Å²) < 4.78 is 20.5. The van der Waals surface area contributed by atoms with E-state index in [9.17, 15) is 4.39 Å². The first-order valence-corrected chi connectivity index (χ1v) is 7.07. The second-order valence-electron chi connectivity index (χ2n) is 4.73. The number of hydrogen-bond donors (Lipinski definition) is 0. The summed E-state index contributed by atoms with van der Waals surface area (Å²) in [4.78, 5) is 4.40. The predicted octanol–water partition coefficient (Wildman–Crippen LogP) is 4.05. The molecule has 0 N–H and O–H groups in total. The maximum Gasteiger partial charge on any atom is 0.129 e. The Balaban J connectivity index is 2.20. The molecule has 3 rings (SSSR count). The quantitative estimate of drug-likeness (QED) is 0.680. The van der Waals surface area contributed by atoms with Crippen molar-refractivity contribution in [2.75, 3.05) is 7.11 Å². The fourth-order valence-corrected chi connectivity index (χ4v) is 2.61. The topological polar surface area (TPSA) is 27.1 Å². The summed E-state index contributed by atoms with van der Waals surface area (Å²) in [7, 11) is 1.66. The Labute approximate surface area is 126 Å². The number of rotatable bonds is 4. The Bertz CT molecular complexity index is 785. The van der Waals surface area contributed by atoms with Crippen LogP contribution >= 0.6 is 11.6 Å². The minimum atomic E-state index is -0.304. The highest BCUT2D eigenvalue weighted by atomic mass is 35.5. The predicted molar refractivity (Wildman–Crippen MR) is 81.3 cm³/mol. The lowest BCUT2D eigenvalue weighted by Crippen LogP contribution is -2.00. The van der Waals surface area contributed by atoms with Crippen molar-refractivity contribution in [3.05, 3.63) is 59.7 Å². The number of hydrogen-bond acceptors (Lipinski definition) is 2. The van der Waals surface area contributed by atoms with Gasteiger partial charge >= 0.3 is 0 Å². The molecule has 3 aromatic rings. The molecule has 0 atom stereocenters. The second-order valence-corrected chi connectivity index (χ2v) is 5.00. The summed E-state index contributed by atoms with van der Waals surface area (Å²) in [6.45, 7) is 0.533. The lowest BCUT2D eigenvalue weighted by atomic mass is 10.2. The molecule has 0 fully saturated rings. The normalized spacial score (nSPS) is 11.2. The molecule has 21 heavy (non-hydrogen) atoms. The molecule has 1 heterocycles. The molecule has 0 amide bonds. The molecule has 0 saturated heterocycles. The van der Waals surface area contributed by atoms with Crippen molar-refractivity contribution in [1.82, 2.24) is 9.55 Å². The van der Waals surface area contributed by atoms with Crippen LogP contribution in [0.25, 0.3) is 16.7 Å². The van der Waals surface area contributed by atoms with Gasteiger partial charge in [-0.2, -0.15) is 0 Å². The Morgan fingerprint density at radius 2 is 2.10 bits per heavy atom. The Kier molecular flexibility index (Phi) is 3.90. The first-order valence-electron chi connectivity index (χ1n) is 6.54. The highest BCUT2D eigenvalue weighted by Gasteiger charge is 2.12. The first kappa shape index (κ1) is 14.0. The van der Waals surface area contributed by atoms with Gasteiger partial charge in [0, 0.05) is 18.9 Å². The van der Waals surface area contributed by atoms with Crippen LogP contribution in [-0.4, -0.2) is 16.7 Å². The van der Waals surface area contributed by atoms with E-state index < -0.39 is 0 Å². The molecule has 108 valence electrons. The maximum atomic E-state index is 13.3. The number of methoxy groups -OCH3 is 1. The van der Waals surface area contributed by atoms with E-state index in [1.807, 2.05) is 28.8 Å². The molecule has 3 nitrogen and oxygen atoms in total. The number of ether oxygens (including phenoxy) is 1. The van der Waals surface area contributed by atoms with Crippen LogP contribution in [0.15, 0.2) is 42.5 Å². The third-order valence-electron chi connectivity index (χ3n) is 3.29. The molecule has 1 aromatic heterocycles. The van der Waals surface area contributed by atoms with Gasteiger partial charge in [0.2, 0.25) is 0 Å². The maximum absolute atomic E-state index is 13.3. The SMILES string of the molecule is COCc1cccc(-n2c(CCl)nc3cc(F)ccc32)c1. The van der Waals surface area contributed by atoms with Crippen LogP contribution in [0.3, 0.4) is 0 Å². The van der Waals surface area contributed by atoms with Crippen molar-refractivity contribution >= 4 is 22.6 Å². The van der Waals surface area contributed by atoms with Gasteiger partial charge in [0.15, 0.2) is 0 Å². The average Bonchev–Trinajstić information content (AvgIpc) is 2.85. The second kappa shape index (κ2) is 5.84. The van der Waals surface area contributed by atoms with Gasteiger partial charge in [0.1, 0.15) is 11.6 Å². The summed E-state index contributed by atoms with van der Waals surface area (Å²) >= 11 is 5.99. The van der Waals surface area contributed by atoms with Crippen LogP contribution in [0.1, 0.15) is 11.4 Å². The summed E-state index contributed by atoms with van der Waals surface area (Å²) in [6, 6.07) is 12.5. The van der Waals surface area contributed by atoms with Gasteiger partial charge < -0.3 is 4.74 Å². The van der Waals surface area contributed by atoms with Crippen LogP contribution < -0.4 is 0 Å². The standard InChI is InChI=1S/C16H14ClFN2O/c1-21-10-11-3-2-4-13(7-11)20-15-6-5-12(18)8-14(15)19-16(20)9-17/h2-8H,9-10H2,1H3. The van der Waals surface area contributed by atoms with E-state index in [2.05, 4.69) is 4.98 Å². The zero-order valence-corrected chi connectivity index (χ0v) is 12.3. The van der Waals surface area contributed by atoms with E-state index in [0.29, 0.717) is 17.9 Å². The van der Waals surface area contributed by atoms with E-state index >= 15 is 0 Å². The van der Waals surface area contributed by atoms with E-state index in [1.165, 1.54) is 12.1 Å². The van der Waals surface area contributed by atoms with E-state index in [0.717, 1.165) is 16.8 Å². The van der Waals surface area contributed by atoms with Gasteiger partial charge in [0.25, 0.3) is 0 Å². The molecular weight excluding hydrogens is 291 g/mol. The number of benzene rings is 2. The van der Waals surface area contributed by atoms with Crippen molar-refractivity contribution in [1.29, 1.82) is 0 Å². The van der Waals surface area contributed by atoms with Gasteiger partial charge in [-0.15, -0.1) is 11.6 Å². The van der Waals surface area contributed by atoms with Crippen molar-refractivity contribution in [3.63, 3.8) is 0 Å². The van der Waals surface area contributed by atoms with Gasteiger partial charge in [-0.3, -0.25) is 4.57 Å². The van der Waals surface area contributed by atoms with Crippen LogP contribution in [-0.2, 0) is 17.2 Å². The Morgan fingerprint density at radius 3 is 2.86 bits per heavy atom. The zero-order chi connectivity index (χ0) is 14.8. The lowest BCUT2D eigenvalue weighted by molar-refractivity contribution is 0.185. The molecule has 0 aliphatic rings. The molecule has 0 spiro atoms. The molecule has 2 aromatic carbocycles. The zero-order valence-electron chi connectivity index (χ0n) is 11.5. The highest BCUT2D eigenvalue weighted by Crippen LogP contribution is 2.24. The molecular formula is C16H14ClFN2O. The van der Waals surface area contributed by atoms with Crippen LogP contribution in [0, 0.1) is 5.82 Å². The molecule has 0 aliphatic carbocycles. The highest BCUT2D eigenvalue weighted by molar-refractivity contribution is 6.17. The Morgan fingerprint density at radius 1 is 1.24 bits per heavy atom. The van der Waals surface area contributed by atoms with Crippen LogP contribution in [0.4, 0.5) is 4.39 Å². The monoisotopic (exact) mass is 304 g/mol. The lowest BCUT2D eigenvalue weighted by Gasteiger charge is -2.09. The molecule has 5 heteroatoms. The van der Waals surface area contributed by atoms with Crippen molar-refractivity contribution < 1.29 is 9.13 Å². The Hall–Kier alpha value is -1.91. The summed E-state index contributed by atoms with van der Waals surface area (Å²) in [5.41, 5.74) is 3.43. The third kappa shape index (κ3) is 2.64. The van der Waals surface area contributed by atoms with Crippen molar-refractivity contribution in [2.45, 2.75) is 12.5 Å². The smallest absolute Gasteiger partial charge is 0.129 e. The van der Waals surface area contributed by atoms with Gasteiger partial charge in [-0.25, -0.2) is 9.37 Å². The summed E-state index contributed by atoms with van der Waals surface area (Å²) in [5.74, 6) is 0.637. The van der Waals surface area contributed by atoms with E-state index in [1.54, 1.807) is 13.2 Å². The van der Waals surface area contributed by atoms with Crippen molar-refractivity contribution in [3.8, 4) is 5.69 Å². The fraction of sp³-hybridized carbons (Fsp3) is 0.188. The van der Waals surface area contributed by atoms with E-state index in [-0.39, 0.29) is 11.7 Å². The number of fused-ring (bicyclic) bond motifs is 1. The van der Waals surface area contributed by atoms with E-state index in [4.69, 9.17) is 16.3 Å². The minimum absolute atomic E-state index is 0.255. The first-order chi connectivity index (χ1) is 10.2. The molecule has 0 radical (unpaired) electrons. The third-order valence-corrected chi connectivity index (χ3v) is 3.52. The molecule has 0 bridgehead atoms. The summed E-state index contributed by atoms with van der Waals surface area (Å²) in [5, 5.41) is 0. The van der Waals surface area contributed by atoms with Crippen LogP contribution in [0.2, 0.25) is 0 Å². The summed E-state index contributed by atoms with van der Waals surface area (Å²) in [6.07, 6.45) is 0. The number of halogens is 2.